The number of hydrogen-bond donors (Lipinski definition) is 2. The Labute approximate surface area is 151 Å². The van der Waals surface area contributed by atoms with Crippen molar-refractivity contribution in [1.29, 1.82) is 0 Å². The van der Waals surface area contributed by atoms with Gasteiger partial charge in [-0.05, 0) is 55.8 Å². The lowest BCUT2D eigenvalue weighted by atomic mass is 10.1. The standard InChI is InChI=1S/C20H20FN3O2/c1-13-19(12-22-11-15-3-5-16(6-4-15)20(25)26)14(2)24(23-13)18-9-7-17(21)8-10-18/h3-10,22H,11-12H2,1-2H3,(H,25,26). The minimum atomic E-state index is -0.927. The summed E-state index contributed by atoms with van der Waals surface area (Å²) >= 11 is 0. The number of aromatic nitrogens is 2. The molecule has 0 aliphatic rings. The first-order valence-electron chi connectivity index (χ1n) is 8.29. The fourth-order valence-electron chi connectivity index (χ4n) is 2.86. The second-order valence-electron chi connectivity index (χ2n) is 6.14. The molecule has 5 nitrogen and oxygen atoms in total. The summed E-state index contributed by atoms with van der Waals surface area (Å²) in [5, 5.41) is 16.8. The maximum atomic E-state index is 13.1. The molecule has 0 fully saturated rings. The van der Waals surface area contributed by atoms with Crippen LogP contribution in [0.3, 0.4) is 0 Å². The van der Waals surface area contributed by atoms with Gasteiger partial charge in [-0.1, -0.05) is 12.1 Å². The van der Waals surface area contributed by atoms with Gasteiger partial charge in [0.05, 0.1) is 16.9 Å². The fourth-order valence-corrected chi connectivity index (χ4v) is 2.86. The summed E-state index contributed by atoms with van der Waals surface area (Å²) in [6.45, 7) is 5.20. The van der Waals surface area contributed by atoms with Gasteiger partial charge < -0.3 is 10.4 Å². The molecule has 6 heteroatoms. The number of carboxylic acid groups (broad SMARTS) is 1. The molecular formula is C20H20FN3O2. The molecule has 0 saturated carbocycles. The quantitative estimate of drug-likeness (QED) is 0.710. The van der Waals surface area contributed by atoms with E-state index in [1.54, 1.807) is 36.4 Å². The van der Waals surface area contributed by atoms with Crippen molar-refractivity contribution in [2.45, 2.75) is 26.9 Å². The Morgan fingerprint density at radius 3 is 2.35 bits per heavy atom. The molecule has 2 N–H and O–H groups in total. The van der Waals surface area contributed by atoms with Gasteiger partial charge >= 0.3 is 5.97 Å². The van der Waals surface area contributed by atoms with Gasteiger partial charge in [0.15, 0.2) is 0 Å². The minimum Gasteiger partial charge on any atom is -0.478 e. The number of halogens is 1. The number of carboxylic acids is 1. The van der Waals surface area contributed by atoms with Crippen LogP contribution in [0.25, 0.3) is 5.69 Å². The van der Waals surface area contributed by atoms with E-state index >= 15 is 0 Å². The van der Waals surface area contributed by atoms with E-state index in [1.165, 1.54) is 12.1 Å². The van der Waals surface area contributed by atoms with Crippen molar-refractivity contribution in [1.82, 2.24) is 15.1 Å². The molecule has 2 aromatic carbocycles. The molecule has 0 radical (unpaired) electrons. The van der Waals surface area contributed by atoms with Crippen LogP contribution in [0.4, 0.5) is 4.39 Å². The number of carbonyl (C=O) groups is 1. The first kappa shape index (κ1) is 17.8. The van der Waals surface area contributed by atoms with Crippen molar-refractivity contribution >= 4 is 5.97 Å². The Morgan fingerprint density at radius 2 is 1.73 bits per heavy atom. The molecule has 0 unspecified atom stereocenters. The zero-order valence-electron chi connectivity index (χ0n) is 14.7. The normalized spacial score (nSPS) is 10.9. The van der Waals surface area contributed by atoms with Gasteiger partial charge in [0.2, 0.25) is 0 Å². The third kappa shape index (κ3) is 3.81. The Kier molecular flexibility index (Phi) is 5.14. The van der Waals surface area contributed by atoms with E-state index in [0.717, 1.165) is 28.2 Å². The molecule has 3 rings (SSSR count). The summed E-state index contributed by atoms with van der Waals surface area (Å²) in [7, 11) is 0. The van der Waals surface area contributed by atoms with Crippen LogP contribution in [-0.2, 0) is 13.1 Å². The molecule has 26 heavy (non-hydrogen) atoms. The number of aromatic carboxylic acids is 1. The Morgan fingerprint density at radius 1 is 1.08 bits per heavy atom. The highest BCUT2D eigenvalue weighted by Crippen LogP contribution is 2.18. The van der Waals surface area contributed by atoms with Crippen molar-refractivity contribution in [2.24, 2.45) is 0 Å². The van der Waals surface area contributed by atoms with E-state index in [9.17, 15) is 9.18 Å². The average Bonchev–Trinajstić information content (AvgIpc) is 2.91. The fraction of sp³-hybridized carbons (Fsp3) is 0.200. The summed E-state index contributed by atoms with van der Waals surface area (Å²) in [6, 6.07) is 13.1. The second kappa shape index (κ2) is 7.49. The lowest BCUT2D eigenvalue weighted by molar-refractivity contribution is 0.0697. The summed E-state index contributed by atoms with van der Waals surface area (Å²) < 4.78 is 14.9. The van der Waals surface area contributed by atoms with Gasteiger partial charge in [-0.3, -0.25) is 0 Å². The topological polar surface area (TPSA) is 67.2 Å². The van der Waals surface area contributed by atoms with Crippen molar-refractivity contribution in [2.75, 3.05) is 0 Å². The predicted molar refractivity (Wildman–Crippen MR) is 96.9 cm³/mol. The molecule has 0 aliphatic heterocycles. The number of aryl methyl sites for hydroxylation is 1. The van der Waals surface area contributed by atoms with Crippen LogP contribution < -0.4 is 5.32 Å². The van der Waals surface area contributed by atoms with Crippen LogP contribution in [-0.4, -0.2) is 20.9 Å². The lowest BCUT2D eigenvalue weighted by Gasteiger charge is -2.07. The predicted octanol–water partition coefficient (Wildman–Crippen LogP) is 3.62. The maximum Gasteiger partial charge on any atom is 0.335 e. The molecule has 3 aromatic rings. The smallest absolute Gasteiger partial charge is 0.335 e. The Hall–Kier alpha value is -2.99. The van der Waals surface area contributed by atoms with E-state index in [2.05, 4.69) is 10.4 Å². The number of rotatable bonds is 6. The minimum absolute atomic E-state index is 0.272. The van der Waals surface area contributed by atoms with Crippen LogP contribution in [0.2, 0.25) is 0 Å². The van der Waals surface area contributed by atoms with Crippen LogP contribution in [0.15, 0.2) is 48.5 Å². The summed E-state index contributed by atoms with van der Waals surface area (Å²) in [6.07, 6.45) is 0. The zero-order chi connectivity index (χ0) is 18.7. The summed E-state index contributed by atoms with van der Waals surface area (Å²) in [4.78, 5) is 10.9. The molecule has 0 saturated heterocycles. The van der Waals surface area contributed by atoms with Gasteiger partial charge in [-0.25, -0.2) is 13.9 Å². The number of benzene rings is 2. The SMILES string of the molecule is Cc1nn(-c2ccc(F)cc2)c(C)c1CNCc1ccc(C(=O)O)cc1. The van der Waals surface area contributed by atoms with Gasteiger partial charge in [-0.15, -0.1) is 0 Å². The van der Waals surface area contributed by atoms with Crippen molar-refractivity contribution in [3.63, 3.8) is 0 Å². The summed E-state index contributed by atoms with van der Waals surface area (Å²) in [5.41, 5.74) is 5.12. The van der Waals surface area contributed by atoms with E-state index in [-0.39, 0.29) is 11.4 Å². The highest BCUT2D eigenvalue weighted by molar-refractivity contribution is 5.87. The highest BCUT2D eigenvalue weighted by Gasteiger charge is 2.12. The van der Waals surface area contributed by atoms with E-state index in [0.29, 0.717) is 13.1 Å². The van der Waals surface area contributed by atoms with E-state index < -0.39 is 5.97 Å². The molecule has 0 bridgehead atoms. The maximum absolute atomic E-state index is 13.1. The van der Waals surface area contributed by atoms with Gasteiger partial charge in [0.1, 0.15) is 5.82 Å². The number of nitrogens with zero attached hydrogens (tertiary/aromatic N) is 2. The van der Waals surface area contributed by atoms with Crippen molar-refractivity contribution in [3.8, 4) is 5.69 Å². The largest absolute Gasteiger partial charge is 0.478 e. The average molecular weight is 353 g/mol. The van der Waals surface area contributed by atoms with E-state index in [1.807, 2.05) is 18.5 Å². The summed E-state index contributed by atoms with van der Waals surface area (Å²) in [5.74, 6) is -1.20. The first-order chi connectivity index (χ1) is 12.5. The molecule has 0 atom stereocenters. The zero-order valence-corrected chi connectivity index (χ0v) is 14.7. The third-order valence-electron chi connectivity index (χ3n) is 4.34. The van der Waals surface area contributed by atoms with Crippen LogP contribution in [0.5, 0.6) is 0 Å². The van der Waals surface area contributed by atoms with Crippen LogP contribution in [0.1, 0.15) is 32.9 Å². The number of nitrogens with one attached hydrogen (secondary N) is 1. The Bertz CT molecular complexity index is 915. The molecule has 0 spiro atoms. The molecular weight excluding hydrogens is 333 g/mol. The van der Waals surface area contributed by atoms with Crippen molar-refractivity contribution in [3.05, 3.63) is 82.4 Å². The monoisotopic (exact) mass is 353 g/mol. The van der Waals surface area contributed by atoms with E-state index in [4.69, 9.17) is 5.11 Å². The van der Waals surface area contributed by atoms with Gasteiger partial charge in [-0.2, -0.15) is 5.10 Å². The molecule has 0 amide bonds. The Balaban J connectivity index is 1.68. The molecule has 1 aromatic heterocycles. The molecule has 1 heterocycles. The number of hydrogen-bond acceptors (Lipinski definition) is 3. The first-order valence-corrected chi connectivity index (χ1v) is 8.29. The van der Waals surface area contributed by atoms with Crippen LogP contribution in [0, 0.1) is 19.7 Å². The second-order valence-corrected chi connectivity index (χ2v) is 6.14. The molecule has 0 aliphatic carbocycles. The van der Waals surface area contributed by atoms with Gasteiger partial charge in [0.25, 0.3) is 0 Å². The third-order valence-corrected chi connectivity index (χ3v) is 4.34. The van der Waals surface area contributed by atoms with Gasteiger partial charge in [0, 0.05) is 24.3 Å². The molecule has 134 valence electrons. The lowest BCUT2D eigenvalue weighted by Crippen LogP contribution is -2.14. The van der Waals surface area contributed by atoms with Crippen LogP contribution >= 0.6 is 0 Å². The highest BCUT2D eigenvalue weighted by atomic mass is 19.1. The van der Waals surface area contributed by atoms with Crippen molar-refractivity contribution < 1.29 is 14.3 Å².